The largest absolute Gasteiger partial charge is 0.497 e. The summed E-state index contributed by atoms with van der Waals surface area (Å²) in [6.07, 6.45) is 3.04. The first-order chi connectivity index (χ1) is 16.1. The van der Waals surface area contributed by atoms with Crippen molar-refractivity contribution < 1.29 is 9.47 Å². The zero-order valence-electron chi connectivity index (χ0n) is 20.5. The van der Waals surface area contributed by atoms with Crippen LogP contribution in [0.4, 0.5) is 5.69 Å². The van der Waals surface area contributed by atoms with E-state index in [0.29, 0.717) is 6.04 Å². The molecule has 3 aromatic rings. The number of nitrogens with one attached hydrogen (secondary N) is 3. The van der Waals surface area contributed by atoms with Gasteiger partial charge in [0.1, 0.15) is 11.5 Å². The Labute approximate surface area is 219 Å². The van der Waals surface area contributed by atoms with Gasteiger partial charge in [0, 0.05) is 73.2 Å². The second kappa shape index (κ2) is 12.2. The molecule has 0 atom stereocenters. The lowest BCUT2D eigenvalue weighted by Gasteiger charge is -2.34. The van der Waals surface area contributed by atoms with Crippen LogP contribution in [0.2, 0.25) is 0 Å². The third kappa shape index (κ3) is 6.08. The maximum Gasteiger partial charge on any atom is 0.191 e. The summed E-state index contributed by atoms with van der Waals surface area (Å²) in [6, 6.07) is 14.9. The Morgan fingerprint density at radius 3 is 2.41 bits per heavy atom. The zero-order valence-corrected chi connectivity index (χ0v) is 22.8. The van der Waals surface area contributed by atoms with Crippen molar-refractivity contribution in [2.75, 3.05) is 45.8 Å². The first-order valence-electron chi connectivity index (χ1n) is 11.6. The summed E-state index contributed by atoms with van der Waals surface area (Å²) in [5.41, 5.74) is 4.95. The van der Waals surface area contributed by atoms with Crippen LogP contribution >= 0.6 is 24.0 Å². The molecule has 2 heterocycles. The predicted molar refractivity (Wildman–Crippen MR) is 151 cm³/mol. The van der Waals surface area contributed by atoms with Crippen molar-refractivity contribution in [1.29, 1.82) is 0 Å². The fourth-order valence-corrected chi connectivity index (χ4v) is 4.61. The molecule has 34 heavy (non-hydrogen) atoms. The number of aryl methyl sites for hydroxylation is 1. The number of aromatic nitrogens is 1. The van der Waals surface area contributed by atoms with Gasteiger partial charge in [-0.1, -0.05) is 18.2 Å². The number of anilines is 1. The minimum absolute atomic E-state index is 0. The second-order valence-corrected chi connectivity index (χ2v) is 8.50. The van der Waals surface area contributed by atoms with E-state index in [1.807, 2.05) is 13.1 Å². The number of hydrogen-bond acceptors (Lipinski definition) is 4. The van der Waals surface area contributed by atoms with Gasteiger partial charge in [-0.05, 0) is 37.8 Å². The van der Waals surface area contributed by atoms with Gasteiger partial charge in [0.25, 0.3) is 0 Å². The fourth-order valence-electron chi connectivity index (χ4n) is 4.61. The van der Waals surface area contributed by atoms with Gasteiger partial charge in [0.2, 0.25) is 0 Å². The fraction of sp³-hybridized carbons (Fsp3) is 0.423. The van der Waals surface area contributed by atoms with E-state index in [9.17, 15) is 0 Å². The lowest BCUT2D eigenvalue weighted by atomic mass is 10.0. The summed E-state index contributed by atoms with van der Waals surface area (Å²) in [7, 11) is 5.21. The molecular formula is C26H36IN5O2. The van der Waals surface area contributed by atoms with Crippen LogP contribution in [0.3, 0.4) is 0 Å². The third-order valence-electron chi connectivity index (χ3n) is 6.46. The van der Waals surface area contributed by atoms with Gasteiger partial charge in [-0.25, -0.2) is 0 Å². The highest BCUT2D eigenvalue weighted by atomic mass is 127. The van der Waals surface area contributed by atoms with Gasteiger partial charge < -0.3 is 30.0 Å². The first-order valence-corrected chi connectivity index (χ1v) is 11.6. The topological polar surface area (TPSA) is 73.9 Å². The highest BCUT2D eigenvalue weighted by Crippen LogP contribution is 2.30. The molecule has 184 valence electrons. The summed E-state index contributed by atoms with van der Waals surface area (Å²) >= 11 is 0. The normalized spacial score (nSPS) is 14.6. The molecule has 1 aromatic heterocycles. The van der Waals surface area contributed by atoms with E-state index in [-0.39, 0.29) is 24.0 Å². The van der Waals surface area contributed by atoms with E-state index in [0.717, 1.165) is 62.0 Å². The Hall–Kier alpha value is -2.62. The smallest absolute Gasteiger partial charge is 0.191 e. The zero-order chi connectivity index (χ0) is 23.2. The minimum Gasteiger partial charge on any atom is -0.497 e. The molecule has 0 amide bonds. The molecule has 3 N–H and O–H groups in total. The molecule has 0 aliphatic carbocycles. The molecule has 0 bridgehead atoms. The van der Waals surface area contributed by atoms with Crippen molar-refractivity contribution in [3.63, 3.8) is 0 Å². The van der Waals surface area contributed by atoms with Crippen LogP contribution < -0.4 is 25.0 Å². The van der Waals surface area contributed by atoms with Crippen LogP contribution in [0.25, 0.3) is 10.9 Å². The Morgan fingerprint density at radius 2 is 1.76 bits per heavy atom. The molecule has 8 heteroatoms. The Kier molecular flexibility index (Phi) is 9.32. The van der Waals surface area contributed by atoms with Crippen molar-refractivity contribution >= 4 is 46.5 Å². The van der Waals surface area contributed by atoms with Crippen LogP contribution in [0.5, 0.6) is 11.5 Å². The maximum atomic E-state index is 5.43. The van der Waals surface area contributed by atoms with Crippen molar-refractivity contribution in [3.8, 4) is 11.5 Å². The maximum absolute atomic E-state index is 5.43. The number of para-hydroxylation sites is 1. The number of aromatic amines is 1. The van der Waals surface area contributed by atoms with E-state index in [1.54, 1.807) is 14.2 Å². The highest BCUT2D eigenvalue weighted by Gasteiger charge is 2.21. The van der Waals surface area contributed by atoms with Gasteiger partial charge in [-0.3, -0.25) is 4.99 Å². The number of methoxy groups -OCH3 is 2. The quantitative estimate of drug-likeness (QED) is 0.219. The van der Waals surface area contributed by atoms with E-state index in [4.69, 9.17) is 9.47 Å². The number of piperidine rings is 1. The highest BCUT2D eigenvalue weighted by molar-refractivity contribution is 14.0. The number of halogens is 1. The molecule has 1 saturated heterocycles. The Morgan fingerprint density at radius 1 is 1.09 bits per heavy atom. The third-order valence-corrected chi connectivity index (χ3v) is 6.46. The van der Waals surface area contributed by atoms with Crippen LogP contribution in [0.15, 0.2) is 47.5 Å². The van der Waals surface area contributed by atoms with E-state index in [1.165, 1.54) is 22.2 Å². The molecule has 2 aromatic carbocycles. The van der Waals surface area contributed by atoms with Crippen molar-refractivity contribution in [3.05, 3.63) is 53.7 Å². The number of ether oxygens (including phenoxy) is 2. The molecule has 1 aliphatic rings. The van der Waals surface area contributed by atoms with Crippen LogP contribution in [0, 0.1) is 6.92 Å². The van der Waals surface area contributed by atoms with Gasteiger partial charge in [-0.2, -0.15) is 0 Å². The summed E-state index contributed by atoms with van der Waals surface area (Å²) in [4.78, 5) is 10.3. The number of benzene rings is 2. The molecule has 4 rings (SSSR count). The van der Waals surface area contributed by atoms with Gasteiger partial charge in [0.15, 0.2) is 5.96 Å². The number of H-pyrrole nitrogens is 1. The van der Waals surface area contributed by atoms with E-state index < -0.39 is 0 Å². The average Bonchev–Trinajstić information content (AvgIpc) is 3.18. The molecule has 0 radical (unpaired) electrons. The molecule has 1 aliphatic heterocycles. The monoisotopic (exact) mass is 577 g/mol. The first kappa shape index (κ1) is 26.0. The van der Waals surface area contributed by atoms with Crippen molar-refractivity contribution in [1.82, 2.24) is 15.6 Å². The van der Waals surface area contributed by atoms with Crippen LogP contribution in [-0.4, -0.2) is 57.9 Å². The van der Waals surface area contributed by atoms with Crippen LogP contribution in [0.1, 0.15) is 24.1 Å². The van der Waals surface area contributed by atoms with Crippen molar-refractivity contribution in [2.24, 2.45) is 4.99 Å². The number of guanidine groups is 1. The van der Waals surface area contributed by atoms with E-state index >= 15 is 0 Å². The lowest BCUT2D eigenvalue weighted by molar-refractivity contribution is 0.393. The number of rotatable bonds is 7. The lowest BCUT2D eigenvalue weighted by Crippen LogP contribution is -2.49. The SMILES string of the molecule is CN=C(NCCc1c(C)[nH]c2ccccc12)NC1CCN(c2cc(OC)cc(OC)c2)CC1.I. The second-order valence-electron chi connectivity index (χ2n) is 8.50. The predicted octanol–water partition coefficient (Wildman–Crippen LogP) is 4.49. The molecule has 0 spiro atoms. The molecule has 0 saturated carbocycles. The number of hydrogen-bond donors (Lipinski definition) is 3. The Bertz CT molecular complexity index is 1080. The molecule has 1 fully saturated rings. The van der Waals surface area contributed by atoms with E-state index in [2.05, 4.69) is 68.8 Å². The van der Waals surface area contributed by atoms with Crippen LogP contribution in [-0.2, 0) is 6.42 Å². The Balaban J connectivity index is 0.00000324. The summed E-state index contributed by atoms with van der Waals surface area (Å²) in [6.45, 7) is 4.93. The minimum atomic E-state index is 0. The van der Waals surface area contributed by atoms with Gasteiger partial charge in [0.05, 0.1) is 14.2 Å². The van der Waals surface area contributed by atoms with Crippen molar-refractivity contribution in [2.45, 2.75) is 32.2 Å². The number of nitrogens with zero attached hydrogens (tertiary/aromatic N) is 2. The average molecular weight is 578 g/mol. The van der Waals surface area contributed by atoms with Gasteiger partial charge in [-0.15, -0.1) is 24.0 Å². The summed E-state index contributed by atoms with van der Waals surface area (Å²) < 4.78 is 10.9. The summed E-state index contributed by atoms with van der Waals surface area (Å²) in [5.74, 6) is 2.51. The number of fused-ring (bicyclic) bond motifs is 1. The molecular weight excluding hydrogens is 541 g/mol. The van der Waals surface area contributed by atoms with Gasteiger partial charge >= 0.3 is 0 Å². The molecule has 7 nitrogen and oxygen atoms in total. The number of aliphatic imine (C=N–C) groups is 1. The molecule has 0 unspecified atom stereocenters. The standard InChI is InChI=1S/C26H35N5O2.HI/c1-18-23(24-7-5-6-8-25(24)29-18)9-12-28-26(27-2)30-19-10-13-31(14-11-19)20-15-21(32-3)17-22(16-20)33-4;/h5-8,15-17,19,29H,9-14H2,1-4H3,(H2,27,28,30);1H. The summed E-state index contributed by atoms with van der Waals surface area (Å²) in [5, 5.41) is 8.41.